The average molecular weight is 307 g/mol. The Hall–Kier alpha value is -1.06. The number of piperidine rings is 1. The zero-order chi connectivity index (χ0) is 14.7. The number of amides is 1. The van der Waals surface area contributed by atoms with Crippen molar-refractivity contribution in [2.45, 2.75) is 37.6 Å². The summed E-state index contributed by atoms with van der Waals surface area (Å²) in [6, 6.07) is 8.38. The lowest BCUT2D eigenvalue weighted by atomic mass is 10.0. The molecule has 21 heavy (non-hydrogen) atoms. The van der Waals surface area contributed by atoms with E-state index >= 15 is 0 Å². The summed E-state index contributed by atoms with van der Waals surface area (Å²) in [5, 5.41) is 0. The highest BCUT2D eigenvalue weighted by atomic mass is 35.5. The van der Waals surface area contributed by atoms with Crippen molar-refractivity contribution in [1.82, 2.24) is 9.80 Å². The molecule has 0 unspecified atom stereocenters. The van der Waals surface area contributed by atoms with Crippen LogP contribution in [-0.2, 0) is 5.88 Å². The first-order chi connectivity index (χ1) is 10.3. The van der Waals surface area contributed by atoms with E-state index in [0.717, 1.165) is 37.1 Å². The Balaban J connectivity index is 1.59. The Kier molecular flexibility index (Phi) is 4.81. The van der Waals surface area contributed by atoms with E-state index in [-0.39, 0.29) is 5.91 Å². The highest BCUT2D eigenvalue weighted by Gasteiger charge is 2.28. The molecular weight excluding hydrogens is 284 g/mol. The normalized spacial score (nSPS) is 20.9. The number of hydrogen-bond donors (Lipinski definition) is 0. The van der Waals surface area contributed by atoms with E-state index in [9.17, 15) is 4.79 Å². The fourth-order valence-corrected chi connectivity index (χ4v) is 3.68. The van der Waals surface area contributed by atoms with Crippen LogP contribution in [0.4, 0.5) is 0 Å². The summed E-state index contributed by atoms with van der Waals surface area (Å²) in [7, 11) is 0. The molecule has 0 aromatic heterocycles. The Morgan fingerprint density at radius 3 is 2.52 bits per heavy atom. The molecule has 0 aliphatic carbocycles. The van der Waals surface area contributed by atoms with E-state index in [1.807, 2.05) is 29.2 Å². The van der Waals surface area contributed by atoms with Gasteiger partial charge in [0.25, 0.3) is 5.91 Å². The second-order valence-electron chi connectivity index (χ2n) is 6.10. The van der Waals surface area contributed by atoms with Crippen LogP contribution in [0.3, 0.4) is 0 Å². The Morgan fingerprint density at radius 1 is 1.14 bits per heavy atom. The Bertz CT molecular complexity index is 491. The van der Waals surface area contributed by atoms with Gasteiger partial charge in [-0.25, -0.2) is 0 Å². The topological polar surface area (TPSA) is 23.6 Å². The number of nitrogens with zero attached hydrogens (tertiary/aromatic N) is 2. The van der Waals surface area contributed by atoms with Gasteiger partial charge in [0.1, 0.15) is 0 Å². The molecule has 1 amide bonds. The number of halogens is 1. The van der Waals surface area contributed by atoms with Crippen LogP contribution >= 0.6 is 11.6 Å². The van der Waals surface area contributed by atoms with Gasteiger partial charge in [0.05, 0.1) is 0 Å². The molecule has 0 atom stereocenters. The highest BCUT2D eigenvalue weighted by Crippen LogP contribution is 2.22. The lowest BCUT2D eigenvalue weighted by Crippen LogP contribution is -2.45. The van der Waals surface area contributed by atoms with Crippen LogP contribution in [0.2, 0.25) is 0 Å². The van der Waals surface area contributed by atoms with Gasteiger partial charge in [-0.2, -0.15) is 0 Å². The molecule has 0 radical (unpaired) electrons. The molecule has 2 fully saturated rings. The van der Waals surface area contributed by atoms with Gasteiger partial charge in [-0.15, -0.1) is 11.6 Å². The maximum Gasteiger partial charge on any atom is 0.253 e. The van der Waals surface area contributed by atoms with Crippen LogP contribution in [0.25, 0.3) is 0 Å². The fraction of sp³-hybridized carbons (Fsp3) is 0.588. The van der Waals surface area contributed by atoms with Gasteiger partial charge in [0, 0.05) is 30.6 Å². The van der Waals surface area contributed by atoms with Gasteiger partial charge in [-0.3, -0.25) is 4.79 Å². The van der Waals surface area contributed by atoms with Gasteiger partial charge >= 0.3 is 0 Å². The van der Waals surface area contributed by atoms with Crippen molar-refractivity contribution in [1.29, 1.82) is 0 Å². The summed E-state index contributed by atoms with van der Waals surface area (Å²) < 4.78 is 0. The van der Waals surface area contributed by atoms with E-state index in [1.165, 1.54) is 25.9 Å². The largest absolute Gasteiger partial charge is 0.339 e. The standard InChI is InChI=1S/C17H23ClN2O/c18-13-14-4-3-5-15(12-14)17(21)20-10-6-16(7-11-20)19-8-1-2-9-19/h3-5,12,16H,1-2,6-11,13H2. The molecule has 0 N–H and O–H groups in total. The molecular formula is C17H23ClN2O. The number of carbonyl (C=O) groups excluding carboxylic acids is 1. The summed E-state index contributed by atoms with van der Waals surface area (Å²) in [5.74, 6) is 0.611. The van der Waals surface area contributed by atoms with E-state index < -0.39 is 0 Å². The first kappa shape index (κ1) is 14.9. The SMILES string of the molecule is O=C(c1cccc(CCl)c1)N1CCC(N2CCCC2)CC1. The van der Waals surface area contributed by atoms with Crippen molar-refractivity contribution in [3.05, 3.63) is 35.4 Å². The number of benzene rings is 1. The summed E-state index contributed by atoms with van der Waals surface area (Å²) in [6.07, 6.45) is 4.90. The predicted molar refractivity (Wildman–Crippen MR) is 85.7 cm³/mol. The number of rotatable bonds is 3. The highest BCUT2D eigenvalue weighted by molar-refractivity contribution is 6.17. The molecule has 0 bridgehead atoms. The van der Waals surface area contributed by atoms with Crippen LogP contribution in [0.1, 0.15) is 41.6 Å². The van der Waals surface area contributed by atoms with E-state index in [1.54, 1.807) is 0 Å². The maximum absolute atomic E-state index is 12.6. The van der Waals surface area contributed by atoms with Gasteiger partial charge < -0.3 is 9.80 Å². The first-order valence-electron chi connectivity index (χ1n) is 7.96. The second kappa shape index (κ2) is 6.80. The molecule has 4 heteroatoms. The van der Waals surface area contributed by atoms with Crippen LogP contribution in [-0.4, -0.2) is 47.9 Å². The summed E-state index contributed by atoms with van der Waals surface area (Å²) in [4.78, 5) is 17.2. The number of hydrogen-bond acceptors (Lipinski definition) is 2. The fourth-order valence-electron chi connectivity index (χ4n) is 3.51. The van der Waals surface area contributed by atoms with Gasteiger partial charge in [0.2, 0.25) is 0 Å². The summed E-state index contributed by atoms with van der Waals surface area (Å²) in [6.45, 7) is 4.25. The first-order valence-corrected chi connectivity index (χ1v) is 8.49. The van der Waals surface area contributed by atoms with Crippen molar-refractivity contribution in [3.8, 4) is 0 Å². The van der Waals surface area contributed by atoms with Crippen molar-refractivity contribution in [2.75, 3.05) is 26.2 Å². The lowest BCUT2D eigenvalue weighted by molar-refractivity contribution is 0.0644. The summed E-state index contributed by atoms with van der Waals surface area (Å²) in [5.41, 5.74) is 1.78. The zero-order valence-corrected chi connectivity index (χ0v) is 13.2. The molecule has 114 valence electrons. The Morgan fingerprint density at radius 2 is 1.86 bits per heavy atom. The third-order valence-corrected chi connectivity index (χ3v) is 5.05. The van der Waals surface area contributed by atoms with Crippen LogP contribution in [0, 0.1) is 0 Å². The van der Waals surface area contributed by atoms with E-state index in [2.05, 4.69) is 4.90 Å². The van der Waals surface area contributed by atoms with Crippen LogP contribution < -0.4 is 0 Å². The molecule has 3 nitrogen and oxygen atoms in total. The van der Waals surface area contributed by atoms with Crippen LogP contribution in [0.5, 0.6) is 0 Å². The molecule has 2 heterocycles. The molecule has 3 rings (SSSR count). The smallest absolute Gasteiger partial charge is 0.253 e. The van der Waals surface area contributed by atoms with Gasteiger partial charge in [-0.05, 0) is 56.5 Å². The minimum atomic E-state index is 0.154. The quantitative estimate of drug-likeness (QED) is 0.801. The minimum Gasteiger partial charge on any atom is -0.339 e. The van der Waals surface area contributed by atoms with Crippen molar-refractivity contribution < 1.29 is 4.79 Å². The van der Waals surface area contributed by atoms with Crippen molar-refractivity contribution in [2.24, 2.45) is 0 Å². The van der Waals surface area contributed by atoms with Crippen molar-refractivity contribution in [3.63, 3.8) is 0 Å². The number of alkyl halides is 1. The molecule has 2 saturated heterocycles. The maximum atomic E-state index is 12.6. The molecule has 0 saturated carbocycles. The minimum absolute atomic E-state index is 0.154. The Labute approximate surface area is 131 Å². The van der Waals surface area contributed by atoms with Gasteiger partial charge in [-0.1, -0.05) is 12.1 Å². The monoisotopic (exact) mass is 306 g/mol. The van der Waals surface area contributed by atoms with Gasteiger partial charge in [0.15, 0.2) is 0 Å². The molecule has 2 aliphatic rings. The molecule has 0 spiro atoms. The second-order valence-corrected chi connectivity index (χ2v) is 6.37. The summed E-state index contributed by atoms with van der Waals surface area (Å²) >= 11 is 5.85. The van der Waals surface area contributed by atoms with Crippen molar-refractivity contribution >= 4 is 17.5 Å². The van der Waals surface area contributed by atoms with E-state index in [4.69, 9.17) is 11.6 Å². The lowest BCUT2D eigenvalue weighted by Gasteiger charge is -2.36. The molecule has 1 aromatic rings. The number of carbonyl (C=O) groups is 1. The average Bonchev–Trinajstić information content (AvgIpc) is 3.09. The predicted octanol–water partition coefficient (Wildman–Crippen LogP) is 3.13. The molecule has 2 aliphatic heterocycles. The molecule has 1 aromatic carbocycles. The zero-order valence-electron chi connectivity index (χ0n) is 12.4. The third kappa shape index (κ3) is 3.41. The number of likely N-dealkylation sites (tertiary alicyclic amines) is 2. The van der Waals surface area contributed by atoms with Crippen LogP contribution in [0.15, 0.2) is 24.3 Å². The van der Waals surface area contributed by atoms with E-state index in [0.29, 0.717) is 11.9 Å². The third-order valence-electron chi connectivity index (χ3n) is 4.74.